The van der Waals surface area contributed by atoms with Gasteiger partial charge in [-0.25, -0.2) is 4.98 Å². The Morgan fingerprint density at radius 2 is 1.97 bits per heavy atom. The van der Waals surface area contributed by atoms with Crippen molar-refractivity contribution >= 4 is 17.7 Å². The van der Waals surface area contributed by atoms with Gasteiger partial charge in [0, 0.05) is 44.2 Å². The molecule has 1 amide bonds. The topological polar surface area (TPSA) is 80.5 Å². The van der Waals surface area contributed by atoms with Crippen LogP contribution in [0.3, 0.4) is 0 Å². The molecule has 2 aromatic heterocycles. The van der Waals surface area contributed by atoms with Crippen molar-refractivity contribution in [3.05, 3.63) is 76.8 Å². The Morgan fingerprint density at radius 3 is 2.74 bits per heavy atom. The van der Waals surface area contributed by atoms with E-state index in [1.54, 1.807) is 18.3 Å². The number of rotatable bonds is 8. The Kier molecular flexibility index (Phi) is 7.35. The van der Waals surface area contributed by atoms with Gasteiger partial charge in [-0.15, -0.1) is 0 Å². The van der Waals surface area contributed by atoms with Crippen LogP contribution in [0.25, 0.3) is 0 Å². The first kappa shape index (κ1) is 21.5. The minimum absolute atomic E-state index is 0.131. The molecule has 1 saturated heterocycles. The third-order valence-electron chi connectivity index (χ3n) is 5.10. The zero-order chi connectivity index (χ0) is 21.5. The van der Waals surface area contributed by atoms with E-state index in [9.17, 15) is 4.79 Å². The van der Waals surface area contributed by atoms with Crippen LogP contribution in [-0.2, 0) is 23.6 Å². The summed E-state index contributed by atoms with van der Waals surface area (Å²) < 4.78 is 10.6. The number of hydrogen-bond acceptors (Lipinski definition) is 7. The van der Waals surface area contributed by atoms with Gasteiger partial charge in [-0.05, 0) is 30.2 Å². The van der Waals surface area contributed by atoms with E-state index in [0.717, 1.165) is 49.9 Å². The molecule has 0 atom stereocenters. The zero-order valence-electron chi connectivity index (χ0n) is 17.5. The summed E-state index contributed by atoms with van der Waals surface area (Å²) in [5.74, 6) is 1.23. The van der Waals surface area contributed by atoms with Crippen molar-refractivity contribution in [2.24, 2.45) is 0 Å². The molecular weight excluding hydrogens is 412 g/mol. The number of morpholine rings is 1. The number of nitrogens with zero attached hydrogens (tertiary/aromatic N) is 3. The van der Waals surface area contributed by atoms with Crippen LogP contribution in [0.5, 0.6) is 0 Å². The van der Waals surface area contributed by atoms with Crippen LogP contribution in [0, 0.1) is 6.92 Å². The second kappa shape index (κ2) is 10.6. The van der Waals surface area contributed by atoms with Gasteiger partial charge in [0.05, 0.1) is 24.5 Å². The van der Waals surface area contributed by atoms with E-state index < -0.39 is 0 Å². The molecule has 1 aromatic carbocycles. The minimum atomic E-state index is -0.131. The normalized spacial score (nSPS) is 14.5. The van der Waals surface area contributed by atoms with Gasteiger partial charge in [0.2, 0.25) is 0 Å². The van der Waals surface area contributed by atoms with Gasteiger partial charge in [0.1, 0.15) is 10.8 Å². The van der Waals surface area contributed by atoms with Gasteiger partial charge in [-0.1, -0.05) is 41.2 Å². The third-order valence-corrected chi connectivity index (χ3v) is 6.14. The molecule has 0 bridgehead atoms. The highest BCUT2D eigenvalue weighted by Crippen LogP contribution is 2.24. The fourth-order valence-electron chi connectivity index (χ4n) is 3.46. The SMILES string of the molecule is Cc1cc(CSc2ncccc2C(=O)NCc2ccccc2CN2CCOCC2)no1. The second-order valence-corrected chi connectivity index (χ2v) is 8.38. The monoisotopic (exact) mass is 438 g/mol. The van der Waals surface area contributed by atoms with E-state index >= 15 is 0 Å². The molecule has 7 nitrogen and oxygen atoms in total. The van der Waals surface area contributed by atoms with Crippen LogP contribution < -0.4 is 5.32 Å². The first-order chi connectivity index (χ1) is 15.2. The summed E-state index contributed by atoms with van der Waals surface area (Å²) in [6.45, 7) is 6.60. The predicted molar refractivity (Wildman–Crippen MR) is 119 cm³/mol. The molecule has 31 heavy (non-hydrogen) atoms. The second-order valence-electron chi connectivity index (χ2n) is 7.41. The largest absolute Gasteiger partial charge is 0.379 e. The van der Waals surface area contributed by atoms with E-state index in [4.69, 9.17) is 9.26 Å². The smallest absolute Gasteiger partial charge is 0.254 e. The van der Waals surface area contributed by atoms with Crippen molar-refractivity contribution in [1.82, 2.24) is 20.4 Å². The average Bonchev–Trinajstić information content (AvgIpc) is 3.23. The Bertz CT molecular complexity index is 1020. The van der Waals surface area contributed by atoms with Crippen LogP contribution in [0.1, 0.15) is 32.9 Å². The maximum absolute atomic E-state index is 12.9. The van der Waals surface area contributed by atoms with Crippen molar-refractivity contribution in [2.45, 2.75) is 30.8 Å². The molecule has 162 valence electrons. The van der Waals surface area contributed by atoms with E-state index in [-0.39, 0.29) is 5.91 Å². The molecule has 0 unspecified atom stereocenters. The molecular formula is C23H26N4O3S. The molecule has 8 heteroatoms. The van der Waals surface area contributed by atoms with E-state index in [1.807, 2.05) is 25.1 Å². The number of benzene rings is 1. The standard InChI is InChI=1S/C23H26N4O3S/c1-17-13-20(26-30-17)16-31-23-21(7-4-8-24-23)22(28)25-14-18-5-2-3-6-19(18)15-27-9-11-29-12-10-27/h2-8,13H,9-12,14-16H2,1H3,(H,25,28). The van der Waals surface area contributed by atoms with Crippen LogP contribution in [0.2, 0.25) is 0 Å². The predicted octanol–water partition coefficient (Wildman–Crippen LogP) is 3.43. The fraction of sp³-hybridized carbons (Fsp3) is 0.348. The lowest BCUT2D eigenvalue weighted by atomic mass is 10.1. The summed E-state index contributed by atoms with van der Waals surface area (Å²) >= 11 is 1.48. The number of aryl methyl sites for hydroxylation is 1. The molecule has 0 aliphatic carbocycles. The Labute approximate surface area is 186 Å². The zero-order valence-corrected chi connectivity index (χ0v) is 18.4. The lowest BCUT2D eigenvalue weighted by molar-refractivity contribution is 0.0340. The van der Waals surface area contributed by atoms with Gasteiger partial charge < -0.3 is 14.6 Å². The number of nitrogens with one attached hydrogen (secondary N) is 1. The molecule has 1 aliphatic heterocycles. The average molecular weight is 439 g/mol. The lowest BCUT2D eigenvalue weighted by Crippen LogP contribution is -2.36. The van der Waals surface area contributed by atoms with Crippen molar-refractivity contribution in [2.75, 3.05) is 26.3 Å². The summed E-state index contributed by atoms with van der Waals surface area (Å²) in [4.78, 5) is 19.7. The van der Waals surface area contributed by atoms with Gasteiger partial charge in [0.25, 0.3) is 5.91 Å². The summed E-state index contributed by atoms with van der Waals surface area (Å²) in [5, 5.41) is 7.75. The van der Waals surface area contributed by atoms with E-state index in [2.05, 4.69) is 32.5 Å². The van der Waals surface area contributed by atoms with E-state index in [1.165, 1.54) is 17.3 Å². The summed E-state index contributed by atoms with van der Waals surface area (Å²) in [7, 11) is 0. The Hall–Kier alpha value is -2.68. The first-order valence-corrected chi connectivity index (χ1v) is 11.3. The highest BCUT2D eigenvalue weighted by atomic mass is 32.2. The number of amides is 1. The molecule has 3 heterocycles. The highest BCUT2D eigenvalue weighted by molar-refractivity contribution is 7.98. The van der Waals surface area contributed by atoms with Gasteiger partial charge >= 0.3 is 0 Å². The molecule has 0 radical (unpaired) electrons. The van der Waals surface area contributed by atoms with Crippen LogP contribution in [0.4, 0.5) is 0 Å². The molecule has 4 rings (SSSR count). The maximum atomic E-state index is 12.9. The van der Waals surface area contributed by atoms with Crippen molar-refractivity contribution in [1.29, 1.82) is 0 Å². The van der Waals surface area contributed by atoms with Crippen molar-refractivity contribution in [3.8, 4) is 0 Å². The Balaban J connectivity index is 1.39. The fourth-order valence-corrected chi connectivity index (χ4v) is 4.33. The van der Waals surface area contributed by atoms with Crippen LogP contribution in [0.15, 0.2) is 58.2 Å². The van der Waals surface area contributed by atoms with Gasteiger partial charge in [-0.3, -0.25) is 9.69 Å². The highest BCUT2D eigenvalue weighted by Gasteiger charge is 2.16. The maximum Gasteiger partial charge on any atom is 0.254 e. The molecule has 3 aromatic rings. The molecule has 1 aliphatic rings. The summed E-state index contributed by atoms with van der Waals surface area (Å²) in [5.41, 5.74) is 3.75. The number of ether oxygens (including phenoxy) is 1. The number of thioether (sulfide) groups is 1. The number of carbonyl (C=O) groups is 1. The first-order valence-electron chi connectivity index (χ1n) is 10.3. The number of hydrogen-bond donors (Lipinski definition) is 1. The van der Waals surface area contributed by atoms with Gasteiger partial charge in [0.15, 0.2) is 0 Å². The molecule has 1 N–H and O–H groups in total. The third kappa shape index (κ3) is 5.94. The quantitative estimate of drug-likeness (QED) is 0.540. The molecule has 0 spiro atoms. The van der Waals surface area contributed by atoms with Gasteiger partial charge in [-0.2, -0.15) is 0 Å². The van der Waals surface area contributed by atoms with Crippen LogP contribution in [-0.4, -0.2) is 47.3 Å². The minimum Gasteiger partial charge on any atom is -0.379 e. The summed E-state index contributed by atoms with van der Waals surface area (Å²) in [6, 6.07) is 13.7. The van der Waals surface area contributed by atoms with Crippen LogP contribution >= 0.6 is 11.8 Å². The molecule has 0 saturated carbocycles. The number of pyridine rings is 1. The summed E-state index contributed by atoms with van der Waals surface area (Å²) in [6.07, 6.45) is 1.70. The van der Waals surface area contributed by atoms with Crippen molar-refractivity contribution in [3.63, 3.8) is 0 Å². The van der Waals surface area contributed by atoms with E-state index in [0.29, 0.717) is 22.9 Å². The number of carbonyl (C=O) groups excluding carboxylic acids is 1. The van der Waals surface area contributed by atoms with Crippen molar-refractivity contribution < 1.29 is 14.1 Å². The Morgan fingerprint density at radius 1 is 1.16 bits per heavy atom. The molecule has 1 fully saturated rings. The lowest BCUT2D eigenvalue weighted by Gasteiger charge is -2.27. The number of aromatic nitrogens is 2.